The number of carbonyl (C=O) groups excluding carboxylic acids is 3. The second-order valence-corrected chi connectivity index (χ2v) is 10.3. The number of hydrogen-bond donors (Lipinski definition) is 4. The molecule has 1 aromatic carbocycles. The number of anilines is 3. The number of aromatic nitrogens is 3. The van der Waals surface area contributed by atoms with Crippen molar-refractivity contribution >= 4 is 69.8 Å². The molecule has 206 valence electrons. The van der Waals surface area contributed by atoms with Crippen molar-refractivity contribution < 1.29 is 23.9 Å². The average Bonchev–Trinajstić information content (AvgIpc) is 3.69. The van der Waals surface area contributed by atoms with Crippen LogP contribution in [0.15, 0.2) is 24.3 Å². The monoisotopic (exact) mass is 569 g/mol. The summed E-state index contributed by atoms with van der Waals surface area (Å²) in [5, 5.41) is 17.3. The van der Waals surface area contributed by atoms with Crippen LogP contribution >= 0.6 is 11.3 Å². The molecule has 1 aliphatic rings. The molecule has 6 radical (unpaired) electrons. The lowest BCUT2D eigenvalue weighted by Gasteiger charge is -2.23. The van der Waals surface area contributed by atoms with Gasteiger partial charge in [0.15, 0.2) is 17.3 Å². The van der Waals surface area contributed by atoms with Crippen molar-refractivity contribution in [2.45, 2.75) is 25.0 Å². The van der Waals surface area contributed by atoms with Gasteiger partial charge < -0.3 is 30.7 Å². The highest BCUT2D eigenvalue weighted by molar-refractivity contribution is 7.17. The van der Waals surface area contributed by atoms with Crippen LogP contribution in [0.25, 0.3) is 10.6 Å². The SMILES string of the molecule is [B]C([B])([B])NC(=O)c1nnc(NC(=O)C2CC2)cc1Nc1cccc(-c2nc(C)c(C(=O)NCCOC)s2)c1OC. The smallest absolute Gasteiger partial charge is 0.272 e. The Kier molecular flexibility index (Phi) is 9.33. The minimum Gasteiger partial charge on any atom is -0.494 e. The first-order chi connectivity index (χ1) is 19.5. The second-order valence-electron chi connectivity index (χ2n) is 9.34. The van der Waals surface area contributed by atoms with Gasteiger partial charge in [0.1, 0.15) is 9.88 Å². The number of nitrogens with zero attached hydrogens (tertiary/aromatic N) is 3. The third-order valence-corrected chi connectivity index (χ3v) is 7.04. The summed E-state index contributed by atoms with van der Waals surface area (Å²) in [6.45, 7) is 2.50. The number of thiazole rings is 1. The number of benzene rings is 1. The highest BCUT2D eigenvalue weighted by Crippen LogP contribution is 2.40. The van der Waals surface area contributed by atoms with Gasteiger partial charge in [-0.2, -0.15) is 0 Å². The van der Waals surface area contributed by atoms with E-state index in [1.54, 1.807) is 32.2 Å². The van der Waals surface area contributed by atoms with E-state index in [-0.39, 0.29) is 34.9 Å². The quantitative estimate of drug-likeness (QED) is 0.186. The molecule has 16 heteroatoms. The van der Waals surface area contributed by atoms with E-state index < -0.39 is 11.1 Å². The summed E-state index contributed by atoms with van der Waals surface area (Å²) in [7, 11) is 19.7. The highest BCUT2D eigenvalue weighted by Gasteiger charge is 2.30. The lowest BCUT2D eigenvalue weighted by molar-refractivity contribution is -0.117. The maximum absolute atomic E-state index is 12.9. The molecule has 0 aliphatic heterocycles. The summed E-state index contributed by atoms with van der Waals surface area (Å²) in [6.07, 6.45) is 1.60. The number of methoxy groups -OCH3 is 2. The third kappa shape index (κ3) is 7.64. The first kappa shape index (κ1) is 30.1. The molecule has 2 heterocycles. The first-order valence-corrected chi connectivity index (χ1v) is 13.4. The zero-order valence-corrected chi connectivity index (χ0v) is 23.6. The minimum atomic E-state index is -2.01. The fourth-order valence-electron chi connectivity index (χ4n) is 3.78. The largest absolute Gasteiger partial charge is 0.494 e. The molecule has 4 rings (SSSR count). The van der Waals surface area contributed by atoms with E-state index in [1.807, 2.05) is 0 Å². The molecule has 41 heavy (non-hydrogen) atoms. The molecule has 2 aromatic heterocycles. The van der Waals surface area contributed by atoms with E-state index in [4.69, 9.17) is 33.0 Å². The summed E-state index contributed by atoms with van der Waals surface area (Å²) in [5.41, 5.74) is 1.57. The maximum Gasteiger partial charge on any atom is 0.272 e. The second kappa shape index (κ2) is 12.7. The average molecular weight is 569 g/mol. The van der Waals surface area contributed by atoms with Crippen LogP contribution in [0.2, 0.25) is 0 Å². The molecule has 0 atom stereocenters. The number of hydrogen-bond acceptors (Lipinski definition) is 10. The van der Waals surface area contributed by atoms with Crippen LogP contribution in [0, 0.1) is 12.8 Å². The number of rotatable bonds is 12. The summed E-state index contributed by atoms with van der Waals surface area (Å²) >= 11 is 1.21. The van der Waals surface area contributed by atoms with Gasteiger partial charge in [-0.15, -0.1) is 21.5 Å². The standard InChI is InChI=1S/C25H26B3N7O5S/c1-12-20(23(38)29-9-10-39-2)41-24(30-12)14-5-4-6-15(19(14)40-3)31-16-11-17(32-21(36)13-7-8-13)34-35-18(16)22(37)33-25(26,27)28/h4-6,11,13H,7-10H2,1-3H3,(H,29,38)(H,33,37)(H2,31,32,34,36). The molecule has 0 unspecified atom stereocenters. The van der Waals surface area contributed by atoms with Crippen molar-refractivity contribution in [2.75, 3.05) is 38.0 Å². The van der Waals surface area contributed by atoms with E-state index >= 15 is 0 Å². The van der Waals surface area contributed by atoms with E-state index in [9.17, 15) is 14.4 Å². The molecule has 3 amide bonds. The Bertz CT molecular complexity index is 1460. The molecule has 0 spiro atoms. The Morgan fingerprint density at radius 1 is 1.10 bits per heavy atom. The van der Waals surface area contributed by atoms with Crippen molar-refractivity contribution in [3.8, 4) is 16.3 Å². The molecule has 1 fully saturated rings. The van der Waals surface area contributed by atoms with Crippen LogP contribution in [-0.2, 0) is 9.53 Å². The molecular formula is C25H26B3N7O5S. The lowest BCUT2D eigenvalue weighted by atomic mass is 9.49. The van der Waals surface area contributed by atoms with Crippen molar-refractivity contribution in [1.82, 2.24) is 25.8 Å². The molecule has 1 aliphatic carbocycles. The number of carbonyl (C=O) groups is 3. The van der Waals surface area contributed by atoms with Crippen molar-refractivity contribution in [3.05, 3.63) is 40.5 Å². The topological polar surface area (TPSA) is 156 Å². The van der Waals surface area contributed by atoms with E-state index in [1.165, 1.54) is 24.5 Å². The first-order valence-electron chi connectivity index (χ1n) is 12.6. The summed E-state index contributed by atoms with van der Waals surface area (Å²) in [4.78, 5) is 42.9. The molecule has 4 N–H and O–H groups in total. The lowest BCUT2D eigenvalue weighted by Crippen LogP contribution is -2.50. The number of ether oxygens (including phenoxy) is 2. The van der Waals surface area contributed by atoms with Crippen LogP contribution in [-0.4, -0.2) is 89.0 Å². The van der Waals surface area contributed by atoms with Crippen LogP contribution < -0.4 is 26.0 Å². The Morgan fingerprint density at radius 3 is 2.51 bits per heavy atom. The highest BCUT2D eigenvalue weighted by atomic mass is 32.1. The molecule has 3 aromatic rings. The number of para-hydroxylation sites is 1. The van der Waals surface area contributed by atoms with Gasteiger partial charge in [-0.05, 0) is 31.9 Å². The molecule has 1 saturated carbocycles. The summed E-state index contributed by atoms with van der Waals surface area (Å²) < 4.78 is 10.7. The van der Waals surface area contributed by atoms with Gasteiger partial charge >= 0.3 is 0 Å². The van der Waals surface area contributed by atoms with Crippen molar-refractivity contribution in [1.29, 1.82) is 0 Å². The van der Waals surface area contributed by atoms with Gasteiger partial charge in [-0.3, -0.25) is 14.4 Å². The predicted molar refractivity (Wildman–Crippen MR) is 157 cm³/mol. The maximum atomic E-state index is 12.9. The van der Waals surface area contributed by atoms with Gasteiger partial charge in [-0.25, -0.2) is 4.98 Å². The van der Waals surface area contributed by atoms with Crippen LogP contribution in [0.1, 0.15) is 38.7 Å². The van der Waals surface area contributed by atoms with E-state index in [0.717, 1.165) is 12.8 Å². The number of nitrogens with one attached hydrogen (secondary N) is 4. The van der Waals surface area contributed by atoms with E-state index in [0.29, 0.717) is 45.7 Å². The van der Waals surface area contributed by atoms with Gasteiger partial charge in [-0.1, -0.05) is 11.3 Å². The van der Waals surface area contributed by atoms with Gasteiger partial charge in [0.2, 0.25) is 5.91 Å². The van der Waals surface area contributed by atoms with Gasteiger partial charge in [0.05, 0.1) is 59.9 Å². The molecule has 0 saturated heterocycles. The Morgan fingerprint density at radius 2 is 1.85 bits per heavy atom. The van der Waals surface area contributed by atoms with Gasteiger partial charge in [0.25, 0.3) is 11.8 Å². The van der Waals surface area contributed by atoms with E-state index in [2.05, 4.69) is 36.4 Å². The Balaban J connectivity index is 1.68. The van der Waals surface area contributed by atoms with Crippen LogP contribution in [0.4, 0.5) is 17.2 Å². The Labute approximate surface area is 245 Å². The zero-order chi connectivity index (χ0) is 29.7. The normalized spacial score (nSPS) is 12.9. The Hall–Kier alpha value is -3.91. The van der Waals surface area contributed by atoms with Crippen LogP contribution in [0.5, 0.6) is 5.75 Å². The predicted octanol–water partition coefficient (Wildman–Crippen LogP) is 1.23. The molecular weight excluding hydrogens is 543 g/mol. The minimum absolute atomic E-state index is 0.0750. The molecule has 0 bridgehead atoms. The van der Waals surface area contributed by atoms with Crippen LogP contribution in [0.3, 0.4) is 0 Å². The fraction of sp³-hybridized carbons (Fsp3) is 0.360. The zero-order valence-electron chi connectivity index (χ0n) is 22.7. The van der Waals surface area contributed by atoms with Gasteiger partial charge in [0, 0.05) is 25.6 Å². The summed E-state index contributed by atoms with van der Waals surface area (Å²) in [6, 6.07) is 6.71. The fourth-order valence-corrected chi connectivity index (χ4v) is 4.79. The number of aryl methyl sites for hydroxylation is 1. The van der Waals surface area contributed by atoms with Crippen molar-refractivity contribution in [3.63, 3.8) is 0 Å². The summed E-state index contributed by atoms with van der Waals surface area (Å²) in [5.74, 6) is -0.809. The van der Waals surface area contributed by atoms with Crippen molar-refractivity contribution in [2.24, 2.45) is 5.92 Å². The molecule has 12 nitrogen and oxygen atoms in total. The third-order valence-electron chi connectivity index (χ3n) is 5.85. The number of amides is 3.